The first-order chi connectivity index (χ1) is 9.13. The largest absolute Gasteiger partial charge is 0.484 e. The van der Waals surface area contributed by atoms with E-state index in [4.69, 9.17) is 22.1 Å². The summed E-state index contributed by atoms with van der Waals surface area (Å²) in [7, 11) is 0. The van der Waals surface area contributed by atoms with Crippen molar-refractivity contribution in [2.45, 2.75) is 0 Å². The zero-order chi connectivity index (χ0) is 13.7. The van der Waals surface area contributed by atoms with E-state index in [1.165, 1.54) is 0 Å². The van der Waals surface area contributed by atoms with Crippen LogP contribution in [-0.2, 0) is 4.79 Å². The van der Waals surface area contributed by atoms with Crippen LogP contribution in [0.3, 0.4) is 0 Å². The maximum atomic E-state index is 11.7. The smallest absolute Gasteiger partial charge is 0.262 e. The number of nitrogens with two attached hydrogens (primary N) is 1. The van der Waals surface area contributed by atoms with Crippen molar-refractivity contribution in [3.8, 4) is 5.75 Å². The summed E-state index contributed by atoms with van der Waals surface area (Å²) < 4.78 is 5.32. The summed E-state index contributed by atoms with van der Waals surface area (Å²) in [5, 5.41) is 3.26. The number of carbonyl (C=O) groups excluding carboxylic acids is 1. The normalized spacial score (nSPS) is 9.95. The van der Waals surface area contributed by atoms with Crippen molar-refractivity contribution >= 4 is 28.9 Å². The lowest BCUT2D eigenvalue weighted by Crippen LogP contribution is -2.20. The van der Waals surface area contributed by atoms with E-state index >= 15 is 0 Å². The monoisotopic (exact) mass is 276 g/mol. The number of anilines is 2. The zero-order valence-corrected chi connectivity index (χ0v) is 10.9. The van der Waals surface area contributed by atoms with E-state index in [0.717, 1.165) is 0 Å². The van der Waals surface area contributed by atoms with Crippen molar-refractivity contribution in [3.63, 3.8) is 0 Å². The van der Waals surface area contributed by atoms with Gasteiger partial charge in [-0.05, 0) is 42.5 Å². The van der Waals surface area contributed by atoms with Crippen molar-refractivity contribution in [2.24, 2.45) is 0 Å². The van der Waals surface area contributed by atoms with Crippen LogP contribution in [0.15, 0.2) is 48.5 Å². The minimum Gasteiger partial charge on any atom is -0.484 e. The van der Waals surface area contributed by atoms with Gasteiger partial charge in [-0.2, -0.15) is 0 Å². The van der Waals surface area contributed by atoms with E-state index in [1.54, 1.807) is 48.5 Å². The van der Waals surface area contributed by atoms with Crippen LogP contribution in [-0.4, -0.2) is 12.5 Å². The predicted octanol–water partition coefficient (Wildman–Crippen LogP) is 2.94. The molecule has 0 aliphatic rings. The topological polar surface area (TPSA) is 64.3 Å². The predicted molar refractivity (Wildman–Crippen MR) is 76.4 cm³/mol. The number of hydrogen-bond acceptors (Lipinski definition) is 3. The molecular weight excluding hydrogens is 264 g/mol. The molecule has 0 saturated heterocycles. The van der Waals surface area contributed by atoms with Gasteiger partial charge in [0.2, 0.25) is 0 Å². The van der Waals surface area contributed by atoms with E-state index in [-0.39, 0.29) is 12.5 Å². The number of halogens is 1. The second kappa shape index (κ2) is 6.11. The summed E-state index contributed by atoms with van der Waals surface area (Å²) >= 11 is 5.82. The van der Waals surface area contributed by atoms with Crippen LogP contribution >= 0.6 is 11.6 Å². The van der Waals surface area contributed by atoms with Crippen molar-refractivity contribution < 1.29 is 9.53 Å². The minimum absolute atomic E-state index is 0.0730. The third-order valence-corrected chi connectivity index (χ3v) is 2.59. The number of rotatable bonds is 4. The third-order valence-electron chi connectivity index (χ3n) is 2.36. The summed E-state index contributed by atoms with van der Waals surface area (Å²) in [5.74, 6) is 0.342. The summed E-state index contributed by atoms with van der Waals surface area (Å²) in [4.78, 5) is 11.7. The summed E-state index contributed by atoms with van der Waals surface area (Å²) in [6.07, 6.45) is 0. The zero-order valence-electron chi connectivity index (χ0n) is 10.1. The van der Waals surface area contributed by atoms with Gasteiger partial charge in [0.15, 0.2) is 6.61 Å². The van der Waals surface area contributed by atoms with Crippen LogP contribution in [0.2, 0.25) is 5.02 Å². The maximum absolute atomic E-state index is 11.7. The molecule has 0 saturated carbocycles. The van der Waals surface area contributed by atoms with Crippen LogP contribution in [0.4, 0.5) is 11.4 Å². The summed E-state index contributed by atoms with van der Waals surface area (Å²) in [5.41, 5.74) is 6.84. The lowest BCUT2D eigenvalue weighted by molar-refractivity contribution is -0.118. The van der Waals surface area contributed by atoms with Gasteiger partial charge in [-0.25, -0.2) is 0 Å². The maximum Gasteiger partial charge on any atom is 0.262 e. The van der Waals surface area contributed by atoms with Gasteiger partial charge in [0.25, 0.3) is 5.91 Å². The number of ether oxygens (including phenoxy) is 1. The number of benzene rings is 2. The molecule has 0 bridgehead atoms. The highest BCUT2D eigenvalue weighted by molar-refractivity contribution is 6.30. The Morgan fingerprint density at radius 2 is 1.95 bits per heavy atom. The molecule has 5 heteroatoms. The van der Waals surface area contributed by atoms with Gasteiger partial charge in [-0.3, -0.25) is 4.79 Å². The Morgan fingerprint density at radius 3 is 2.63 bits per heavy atom. The highest BCUT2D eigenvalue weighted by Crippen LogP contribution is 2.15. The first kappa shape index (κ1) is 13.2. The van der Waals surface area contributed by atoms with Crippen LogP contribution in [0, 0.1) is 0 Å². The van der Waals surface area contributed by atoms with Gasteiger partial charge in [-0.1, -0.05) is 17.7 Å². The molecule has 2 aromatic carbocycles. The van der Waals surface area contributed by atoms with E-state index in [1.807, 2.05) is 0 Å². The molecule has 4 nitrogen and oxygen atoms in total. The molecule has 0 aliphatic heterocycles. The highest BCUT2D eigenvalue weighted by atomic mass is 35.5. The molecule has 0 atom stereocenters. The number of hydrogen-bond donors (Lipinski definition) is 2. The first-order valence-corrected chi connectivity index (χ1v) is 6.05. The molecule has 0 fully saturated rings. The minimum atomic E-state index is -0.251. The molecule has 0 aliphatic carbocycles. The molecule has 19 heavy (non-hydrogen) atoms. The fraction of sp³-hybridized carbons (Fsp3) is 0.0714. The van der Waals surface area contributed by atoms with Crippen LogP contribution in [0.25, 0.3) is 0 Å². The Kier molecular flexibility index (Phi) is 4.26. The number of carbonyl (C=O) groups is 1. The molecule has 1 amide bonds. The Hall–Kier alpha value is -2.20. The van der Waals surface area contributed by atoms with Crippen molar-refractivity contribution in [3.05, 3.63) is 53.6 Å². The summed E-state index contributed by atoms with van der Waals surface area (Å²) in [6, 6.07) is 13.8. The fourth-order valence-corrected chi connectivity index (χ4v) is 1.67. The van der Waals surface area contributed by atoms with Crippen LogP contribution in [0.5, 0.6) is 5.75 Å². The molecule has 98 valence electrons. The van der Waals surface area contributed by atoms with Crippen LogP contribution < -0.4 is 15.8 Å². The highest BCUT2D eigenvalue weighted by Gasteiger charge is 2.04. The Morgan fingerprint density at radius 1 is 1.21 bits per heavy atom. The number of nitrogen functional groups attached to an aromatic ring is 1. The quantitative estimate of drug-likeness (QED) is 0.844. The molecule has 0 heterocycles. The van der Waals surface area contributed by atoms with Crippen molar-refractivity contribution in [1.82, 2.24) is 0 Å². The second-order valence-corrected chi connectivity index (χ2v) is 4.35. The third kappa shape index (κ3) is 4.19. The molecular formula is C14H13ClN2O2. The van der Waals surface area contributed by atoms with Gasteiger partial charge in [0.1, 0.15) is 5.75 Å². The lowest BCUT2D eigenvalue weighted by atomic mass is 10.3. The number of nitrogens with one attached hydrogen (secondary N) is 1. The first-order valence-electron chi connectivity index (χ1n) is 5.67. The van der Waals surface area contributed by atoms with Gasteiger partial charge in [-0.15, -0.1) is 0 Å². The van der Waals surface area contributed by atoms with Gasteiger partial charge in [0, 0.05) is 16.4 Å². The Bertz CT molecular complexity index is 570. The standard InChI is InChI=1S/C14H13ClN2O2/c15-10-2-1-3-12(8-10)17-14(18)9-19-13-6-4-11(16)5-7-13/h1-8H,9,16H2,(H,17,18). The summed E-state index contributed by atoms with van der Waals surface area (Å²) in [6.45, 7) is -0.0730. The van der Waals surface area contributed by atoms with E-state index in [9.17, 15) is 4.79 Å². The van der Waals surface area contributed by atoms with Gasteiger partial charge >= 0.3 is 0 Å². The van der Waals surface area contributed by atoms with Gasteiger partial charge in [0.05, 0.1) is 0 Å². The average molecular weight is 277 g/mol. The fourth-order valence-electron chi connectivity index (χ4n) is 1.48. The Balaban J connectivity index is 1.86. The molecule has 0 radical (unpaired) electrons. The van der Waals surface area contributed by atoms with Crippen LogP contribution in [0.1, 0.15) is 0 Å². The molecule has 0 spiro atoms. The number of amides is 1. The van der Waals surface area contributed by atoms with Crippen molar-refractivity contribution in [1.29, 1.82) is 0 Å². The Labute approximate surface area is 116 Å². The lowest BCUT2D eigenvalue weighted by Gasteiger charge is -2.07. The van der Waals surface area contributed by atoms with E-state index < -0.39 is 0 Å². The molecule has 0 unspecified atom stereocenters. The molecule has 3 N–H and O–H groups in total. The van der Waals surface area contributed by atoms with Crippen molar-refractivity contribution in [2.75, 3.05) is 17.7 Å². The molecule has 2 aromatic rings. The second-order valence-electron chi connectivity index (χ2n) is 3.92. The average Bonchev–Trinajstić information content (AvgIpc) is 2.38. The molecule has 0 aromatic heterocycles. The SMILES string of the molecule is Nc1ccc(OCC(=O)Nc2cccc(Cl)c2)cc1. The van der Waals surface area contributed by atoms with E-state index in [0.29, 0.717) is 22.1 Å². The molecule has 2 rings (SSSR count). The van der Waals surface area contributed by atoms with Gasteiger partial charge < -0.3 is 15.8 Å². The van der Waals surface area contributed by atoms with E-state index in [2.05, 4.69) is 5.32 Å².